The van der Waals surface area contributed by atoms with E-state index in [1.165, 1.54) is 77.2 Å². The van der Waals surface area contributed by atoms with Crippen LogP contribution in [0.1, 0.15) is 0 Å². The number of nitrogens with zero attached hydrogens (tertiary/aromatic N) is 1. The summed E-state index contributed by atoms with van der Waals surface area (Å²) in [6.07, 6.45) is 0. The number of anilines is 3. The van der Waals surface area contributed by atoms with Gasteiger partial charge in [0.25, 0.3) is 0 Å². The van der Waals surface area contributed by atoms with Crippen LogP contribution in [0.2, 0.25) is 0 Å². The van der Waals surface area contributed by atoms with Crippen LogP contribution < -0.4 is 4.90 Å². The highest BCUT2D eigenvalue weighted by Crippen LogP contribution is 2.40. The molecule has 10 aromatic rings. The molecule has 57 heavy (non-hydrogen) atoms. The third-order valence-electron chi connectivity index (χ3n) is 11.1. The first kappa shape index (κ1) is 34.0. The van der Waals surface area contributed by atoms with Gasteiger partial charge in [0.15, 0.2) is 0 Å². The molecular formula is C56H39N. The lowest BCUT2D eigenvalue weighted by Crippen LogP contribution is -2.09. The van der Waals surface area contributed by atoms with Crippen molar-refractivity contribution in [1.82, 2.24) is 0 Å². The van der Waals surface area contributed by atoms with Crippen LogP contribution in [0.4, 0.5) is 17.1 Å². The second-order valence-corrected chi connectivity index (χ2v) is 14.6. The van der Waals surface area contributed by atoms with E-state index in [2.05, 4.69) is 241 Å². The minimum Gasteiger partial charge on any atom is -0.311 e. The minimum atomic E-state index is 1.10. The summed E-state index contributed by atoms with van der Waals surface area (Å²) in [6, 6.07) is 85.5. The lowest BCUT2D eigenvalue weighted by Gasteiger charge is -2.26. The van der Waals surface area contributed by atoms with Gasteiger partial charge in [-0.3, -0.25) is 0 Å². The molecule has 0 spiro atoms. The molecule has 0 saturated heterocycles. The molecule has 1 heteroatoms. The lowest BCUT2D eigenvalue weighted by molar-refractivity contribution is 1.28. The van der Waals surface area contributed by atoms with E-state index in [0.717, 1.165) is 17.1 Å². The maximum Gasteiger partial charge on any atom is 0.0462 e. The number of benzene rings is 10. The summed E-state index contributed by atoms with van der Waals surface area (Å²) in [6.45, 7) is 0. The topological polar surface area (TPSA) is 3.24 Å². The van der Waals surface area contributed by atoms with Gasteiger partial charge in [-0.15, -0.1) is 0 Å². The Morgan fingerprint density at radius 2 is 0.561 bits per heavy atom. The Labute approximate surface area is 334 Å². The molecule has 0 amide bonds. The summed E-state index contributed by atoms with van der Waals surface area (Å²) in [5.41, 5.74) is 15.4. The van der Waals surface area contributed by atoms with Gasteiger partial charge in [0, 0.05) is 17.1 Å². The van der Waals surface area contributed by atoms with Crippen LogP contribution in [-0.2, 0) is 0 Å². The van der Waals surface area contributed by atoms with Crippen molar-refractivity contribution in [2.75, 3.05) is 4.90 Å². The van der Waals surface area contributed by atoms with E-state index < -0.39 is 0 Å². The fourth-order valence-electron chi connectivity index (χ4n) is 8.15. The summed E-state index contributed by atoms with van der Waals surface area (Å²) >= 11 is 0. The molecule has 0 radical (unpaired) electrons. The summed E-state index contributed by atoms with van der Waals surface area (Å²) in [5, 5.41) is 5.10. The molecule has 1 nitrogen and oxygen atoms in total. The summed E-state index contributed by atoms with van der Waals surface area (Å²) in [5.74, 6) is 0. The van der Waals surface area contributed by atoms with Crippen molar-refractivity contribution >= 4 is 38.6 Å². The van der Waals surface area contributed by atoms with E-state index in [-0.39, 0.29) is 0 Å². The zero-order valence-corrected chi connectivity index (χ0v) is 31.5. The molecule has 0 heterocycles. The highest BCUT2D eigenvalue weighted by molar-refractivity contribution is 6.13. The molecule has 0 N–H and O–H groups in total. The molecule has 0 fully saturated rings. The molecule has 10 rings (SSSR count). The van der Waals surface area contributed by atoms with E-state index in [9.17, 15) is 0 Å². The first-order valence-electron chi connectivity index (χ1n) is 19.6. The molecule has 0 aliphatic rings. The van der Waals surface area contributed by atoms with Crippen molar-refractivity contribution in [3.63, 3.8) is 0 Å². The number of hydrogen-bond acceptors (Lipinski definition) is 1. The highest BCUT2D eigenvalue weighted by atomic mass is 15.1. The Bertz CT molecular complexity index is 2970. The van der Waals surface area contributed by atoms with Crippen molar-refractivity contribution < 1.29 is 0 Å². The molecule has 0 aromatic heterocycles. The normalized spacial score (nSPS) is 11.2. The van der Waals surface area contributed by atoms with E-state index in [4.69, 9.17) is 0 Å². The predicted octanol–water partition coefficient (Wildman–Crippen LogP) is 15.8. The van der Waals surface area contributed by atoms with Crippen LogP contribution in [0, 0.1) is 0 Å². The van der Waals surface area contributed by atoms with Crippen LogP contribution in [-0.4, -0.2) is 0 Å². The van der Waals surface area contributed by atoms with Crippen LogP contribution in [0.3, 0.4) is 0 Å². The second kappa shape index (κ2) is 15.0. The van der Waals surface area contributed by atoms with Gasteiger partial charge in [-0.1, -0.05) is 182 Å². The Hall–Kier alpha value is -7.48. The average molecular weight is 726 g/mol. The van der Waals surface area contributed by atoms with Crippen molar-refractivity contribution in [2.45, 2.75) is 0 Å². The molecule has 0 aliphatic carbocycles. The third-order valence-corrected chi connectivity index (χ3v) is 11.1. The zero-order chi connectivity index (χ0) is 38.0. The van der Waals surface area contributed by atoms with Crippen LogP contribution in [0.25, 0.3) is 77.2 Å². The maximum absolute atomic E-state index is 2.35. The second-order valence-electron chi connectivity index (χ2n) is 14.6. The van der Waals surface area contributed by atoms with E-state index >= 15 is 0 Å². The monoisotopic (exact) mass is 725 g/mol. The standard InChI is InChI=1S/C56H39N/c1-3-13-40(14-4-1)42-25-31-50(32-26-42)57(51-33-27-43(28-34-51)46-19-11-18-45(37-46)41-15-5-2-6-16-41)52-35-29-44(30-36-52)47-20-12-21-48(38-47)56-39-49-17-7-8-22-53(49)54-23-9-10-24-55(54)56/h1-39H. The van der Waals surface area contributed by atoms with Gasteiger partial charge in [0.05, 0.1) is 0 Å². The van der Waals surface area contributed by atoms with Crippen molar-refractivity contribution in [3.8, 4) is 55.6 Å². The Balaban J connectivity index is 1.00. The number of hydrogen-bond donors (Lipinski definition) is 0. The van der Waals surface area contributed by atoms with Gasteiger partial charge in [0.1, 0.15) is 0 Å². The van der Waals surface area contributed by atoms with Gasteiger partial charge in [-0.2, -0.15) is 0 Å². The molecule has 0 aliphatic heterocycles. The van der Waals surface area contributed by atoms with Gasteiger partial charge < -0.3 is 4.90 Å². The number of fused-ring (bicyclic) bond motifs is 3. The molecular weight excluding hydrogens is 687 g/mol. The maximum atomic E-state index is 2.35. The first-order valence-corrected chi connectivity index (χ1v) is 19.6. The fourth-order valence-corrected chi connectivity index (χ4v) is 8.15. The average Bonchev–Trinajstić information content (AvgIpc) is 3.30. The Morgan fingerprint density at radius 1 is 0.211 bits per heavy atom. The number of rotatable bonds is 8. The molecule has 268 valence electrons. The van der Waals surface area contributed by atoms with E-state index in [1.54, 1.807) is 0 Å². The zero-order valence-electron chi connectivity index (χ0n) is 31.5. The quantitative estimate of drug-likeness (QED) is 0.141. The van der Waals surface area contributed by atoms with Gasteiger partial charge in [-0.05, 0) is 132 Å². The Kier molecular flexibility index (Phi) is 8.95. The summed E-state index contributed by atoms with van der Waals surface area (Å²) in [7, 11) is 0. The van der Waals surface area contributed by atoms with E-state index in [1.807, 2.05) is 0 Å². The van der Waals surface area contributed by atoms with Crippen molar-refractivity contribution in [3.05, 3.63) is 237 Å². The van der Waals surface area contributed by atoms with Gasteiger partial charge >= 0.3 is 0 Å². The lowest BCUT2D eigenvalue weighted by atomic mass is 9.92. The fraction of sp³-hybridized carbons (Fsp3) is 0. The van der Waals surface area contributed by atoms with Crippen LogP contribution in [0.5, 0.6) is 0 Å². The molecule has 0 bridgehead atoms. The SMILES string of the molecule is c1ccc(-c2ccc(N(c3ccc(-c4cccc(-c5ccccc5)c4)cc3)c3ccc(-c4cccc(-c5cc6ccccc6c6ccccc56)c4)cc3)cc2)cc1. The molecule has 0 atom stereocenters. The Morgan fingerprint density at radius 3 is 1.09 bits per heavy atom. The molecule has 0 unspecified atom stereocenters. The van der Waals surface area contributed by atoms with Crippen molar-refractivity contribution in [1.29, 1.82) is 0 Å². The predicted molar refractivity (Wildman–Crippen MR) is 243 cm³/mol. The largest absolute Gasteiger partial charge is 0.311 e. The third kappa shape index (κ3) is 6.77. The molecule has 0 saturated carbocycles. The van der Waals surface area contributed by atoms with E-state index in [0.29, 0.717) is 0 Å². The first-order chi connectivity index (χ1) is 28.2. The van der Waals surface area contributed by atoms with Gasteiger partial charge in [0.2, 0.25) is 0 Å². The highest BCUT2D eigenvalue weighted by Gasteiger charge is 2.15. The minimum absolute atomic E-state index is 1.10. The van der Waals surface area contributed by atoms with Crippen LogP contribution >= 0.6 is 0 Å². The van der Waals surface area contributed by atoms with Crippen molar-refractivity contribution in [2.24, 2.45) is 0 Å². The summed E-state index contributed by atoms with van der Waals surface area (Å²) in [4.78, 5) is 2.35. The molecule has 10 aromatic carbocycles. The van der Waals surface area contributed by atoms with Crippen LogP contribution in [0.15, 0.2) is 237 Å². The summed E-state index contributed by atoms with van der Waals surface area (Å²) < 4.78 is 0. The van der Waals surface area contributed by atoms with Gasteiger partial charge in [-0.25, -0.2) is 0 Å². The smallest absolute Gasteiger partial charge is 0.0462 e.